The Bertz CT molecular complexity index is 157. The minimum Gasteiger partial charge on any atom is -0.362 e. The molecule has 2 unspecified atom stereocenters. The minimum absolute atomic E-state index is 0.344. The van der Waals surface area contributed by atoms with Gasteiger partial charge in [0.15, 0.2) is 0 Å². The van der Waals surface area contributed by atoms with Gasteiger partial charge in [0.1, 0.15) is 6.23 Å². The van der Waals surface area contributed by atoms with Gasteiger partial charge in [0.05, 0.1) is 6.61 Å². The largest absolute Gasteiger partial charge is 0.362 e. The third-order valence-electron chi connectivity index (χ3n) is 3.06. The number of hydrogen-bond donors (Lipinski definition) is 1. The second kappa shape index (κ2) is 4.40. The van der Waals surface area contributed by atoms with Crippen molar-refractivity contribution in [3.05, 3.63) is 0 Å². The van der Waals surface area contributed by atoms with Crippen LogP contribution in [0.2, 0.25) is 0 Å². The molecule has 0 bridgehead atoms. The average Bonchev–Trinajstić information content (AvgIpc) is 2.57. The third kappa shape index (κ3) is 2.66. The maximum Gasteiger partial charge on any atom is 0.108 e. The maximum absolute atomic E-state index is 5.56. The predicted octanol–water partition coefficient (Wildman–Crippen LogP) is 0.664. The molecular formula is C10H20N2O. The molecular weight excluding hydrogens is 164 g/mol. The Morgan fingerprint density at radius 3 is 3.15 bits per heavy atom. The lowest BCUT2D eigenvalue weighted by Crippen LogP contribution is -2.36. The Kier molecular flexibility index (Phi) is 3.19. The fourth-order valence-corrected chi connectivity index (χ4v) is 2.40. The molecule has 2 rings (SSSR count). The fourth-order valence-electron chi connectivity index (χ4n) is 2.40. The first-order chi connectivity index (χ1) is 6.34. The van der Waals surface area contributed by atoms with E-state index in [4.69, 9.17) is 4.74 Å². The first-order valence-electron chi connectivity index (χ1n) is 5.38. The zero-order valence-electron chi connectivity index (χ0n) is 8.46. The van der Waals surface area contributed by atoms with E-state index in [0.29, 0.717) is 6.23 Å². The molecule has 13 heavy (non-hydrogen) atoms. The molecule has 3 heteroatoms. The van der Waals surface area contributed by atoms with Crippen molar-refractivity contribution >= 4 is 0 Å². The van der Waals surface area contributed by atoms with Gasteiger partial charge in [0, 0.05) is 13.1 Å². The summed E-state index contributed by atoms with van der Waals surface area (Å²) in [5.74, 6) is 0.842. The van der Waals surface area contributed by atoms with Crippen LogP contribution >= 0.6 is 0 Å². The summed E-state index contributed by atoms with van der Waals surface area (Å²) in [5.41, 5.74) is 0. The Morgan fingerprint density at radius 1 is 1.54 bits per heavy atom. The maximum atomic E-state index is 5.56. The molecule has 3 nitrogen and oxygen atoms in total. The summed E-state index contributed by atoms with van der Waals surface area (Å²) in [5, 5.41) is 3.38. The van der Waals surface area contributed by atoms with E-state index in [2.05, 4.69) is 17.3 Å². The van der Waals surface area contributed by atoms with Crippen molar-refractivity contribution in [2.24, 2.45) is 5.92 Å². The predicted molar refractivity (Wildman–Crippen MR) is 52.6 cm³/mol. The third-order valence-corrected chi connectivity index (χ3v) is 3.06. The topological polar surface area (TPSA) is 24.5 Å². The van der Waals surface area contributed by atoms with Gasteiger partial charge in [-0.05, 0) is 38.8 Å². The molecule has 2 heterocycles. The molecule has 0 aromatic heterocycles. The molecule has 2 saturated heterocycles. The highest BCUT2D eigenvalue weighted by atomic mass is 16.5. The molecule has 1 N–H and O–H groups in total. The number of piperidine rings is 1. The van der Waals surface area contributed by atoms with Crippen molar-refractivity contribution in [1.82, 2.24) is 10.2 Å². The van der Waals surface area contributed by atoms with Crippen LogP contribution in [0.15, 0.2) is 0 Å². The highest BCUT2D eigenvalue weighted by Gasteiger charge is 2.23. The summed E-state index contributed by atoms with van der Waals surface area (Å²) in [6, 6.07) is 0. The van der Waals surface area contributed by atoms with Gasteiger partial charge in [-0.15, -0.1) is 0 Å². The Balaban J connectivity index is 1.73. The van der Waals surface area contributed by atoms with E-state index in [0.717, 1.165) is 19.1 Å². The molecule has 0 radical (unpaired) electrons. The van der Waals surface area contributed by atoms with Crippen molar-refractivity contribution < 1.29 is 4.74 Å². The van der Waals surface area contributed by atoms with Gasteiger partial charge < -0.3 is 9.64 Å². The first-order valence-corrected chi connectivity index (χ1v) is 5.38. The van der Waals surface area contributed by atoms with Crippen LogP contribution < -0.4 is 5.32 Å². The number of nitrogens with zero attached hydrogens (tertiary/aromatic N) is 1. The SMILES string of the molecule is CN1CCCC(CC2NCCO2)C1. The monoisotopic (exact) mass is 184 g/mol. The smallest absolute Gasteiger partial charge is 0.108 e. The zero-order chi connectivity index (χ0) is 9.10. The quantitative estimate of drug-likeness (QED) is 0.682. The summed E-state index contributed by atoms with van der Waals surface area (Å²) in [4.78, 5) is 2.43. The highest BCUT2D eigenvalue weighted by molar-refractivity contribution is 4.75. The number of rotatable bonds is 2. The molecule has 0 aromatic rings. The van der Waals surface area contributed by atoms with Gasteiger partial charge >= 0.3 is 0 Å². The van der Waals surface area contributed by atoms with E-state index in [1.807, 2.05) is 0 Å². The molecule has 2 fully saturated rings. The Morgan fingerprint density at radius 2 is 2.46 bits per heavy atom. The number of ether oxygens (including phenoxy) is 1. The highest BCUT2D eigenvalue weighted by Crippen LogP contribution is 2.21. The lowest BCUT2D eigenvalue weighted by molar-refractivity contribution is 0.0644. The lowest BCUT2D eigenvalue weighted by Gasteiger charge is -2.30. The van der Waals surface area contributed by atoms with E-state index < -0.39 is 0 Å². The second-order valence-electron chi connectivity index (χ2n) is 4.32. The van der Waals surface area contributed by atoms with E-state index in [1.165, 1.54) is 32.4 Å². The van der Waals surface area contributed by atoms with Crippen LogP contribution in [0.3, 0.4) is 0 Å². The number of hydrogen-bond acceptors (Lipinski definition) is 3. The van der Waals surface area contributed by atoms with E-state index in [9.17, 15) is 0 Å². The van der Waals surface area contributed by atoms with E-state index >= 15 is 0 Å². The van der Waals surface area contributed by atoms with Crippen LogP contribution in [0.25, 0.3) is 0 Å². The average molecular weight is 184 g/mol. The van der Waals surface area contributed by atoms with Crippen LogP contribution in [0.4, 0.5) is 0 Å². The minimum atomic E-state index is 0.344. The molecule has 0 spiro atoms. The summed E-state index contributed by atoms with van der Waals surface area (Å²) >= 11 is 0. The van der Waals surface area contributed by atoms with Gasteiger partial charge in [-0.25, -0.2) is 0 Å². The van der Waals surface area contributed by atoms with Crippen molar-refractivity contribution in [2.75, 3.05) is 33.3 Å². The Labute approximate surface area is 80.4 Å². The molecule has 2 aliphatic heterocycles. The van der Waals surface area contributed by atoms with Gasteiger partial charge in [-0.2, -0.15) is 0 Å². The van der Waals surface area contributed by atoms with Crippen LogP contribution in [0.5, 0.6) is 0 Å². The van der Waals surface area contributed by atoms with Crippen molar-refractivity contribution in [3.8, 4) is 0 Å². The van der Waals surface area contributed by atoms with Crippen LogP contribution in [0, 0.1) is 5.92 Å². The summed E-state index contributed by atoms with van der Waals surface area (Å²) in [6.45, 7) is 4.46. The van der Waals surface area contributed by atoms with Crippen molar-refractivity contribution in [1.29, 1.82) is 0 Å². The first kappa shape index (κ1) is 9.44. The number of likely N-dealkylation sites (tertiary alicyclic amines) is 1. The molecule has 2 atom stereocenters. The van der Waals surface area contributed by atoms with Gasteiger partial charge in [0.25, 0.3) is 0 Å². The molecule has 0 saturated carbocycles. The van der Waals surface area contributed by atoms with Gasteiger partial charge in [0.2, 0.25) is 0 Å². The number of nitrogens with one attached hydrogen (secondary N) is 1. The van der Waals surface area contributed by atoms with Crippen LogP contribution in [-0.2, 0) is 4.74 Å². The molecule has 76 valence electrons. The van der Waals surface area contributed by atoms with E-state index in [1.54, 1.807) is 0 Å². The summed E-state index contributed by atoms with van der Waals surface area (Å²) in [6.07, 6.45) is 4.28. The van der Waals surface area contributed by atoms with Gasteiger partial charge in [-0.1, -0.05) is 0 Å². The zero-order valence-corrected chi connectivity index (χ0v) is 8.46. The van der Waals surface area contributed by atoms with Crippen LogP contribution in [-0.4, -0.2) is 44.4 Å². The molecule has 0 amide bonds. The van der Waals surface area contributed by atoms with Crippen molar-refractivity contribution in [2.45, 2.75) is 25.5 Å². The molecule has 2 aliphatic rings. The second-order valence-corrected chi connectivity index (χ2v) is 4.32. The molecule has 0 aromatic carbocycles. The lowest BCUT2D eigenvalue weighted by atomic mass is 9.94. The molecule has 0 aliphatic carbocycles. The van der Waals surface area contributed by atoms with Crippen LogP contribution in [0.1, 0.15) is 19.3 Å². The van der Waals surface area contributed by atoms with Gasteiger partial charge in [-0.3, -0.25) is 5.32 Å². The standard InChI is InChI=1S/C10H20N2O/c1-12-5-2-3-9(8-12)7-10-11-4-6-13-10/h9-11H,2-8H2,1H3. The fraction of sp³-hybridized carbons (Fsp3) is 1.00. The normalized spacial score (nSPS) is 36.7. The van der Waals surface area contributed by atoms with Crippen molar-refractivity contribution in [3.63, 3.8) is 0 Å². The Hall–Kier alpha value is -0.120. The summed E-state index contributed by atoms with van der Waals surface area (Å²) in [7, 11) is 2.22. The van der Waals surface area contributed by atoms with E-state index in [-0.39, 0.29) is 0 Å². The summed E-state index contributed by atoms with van der Waals surface area (Å²) < 4.78 is 5.56.